The first kappa shape index (κ1) is 8.96. The van der Waals surface area contributed by atoms with E-state index in [1.54, 1.807) is 5.19 Å². The third-order valence-electron chi connectivity index (χ3n) is 1.94. The Labute approximate surface area is 75.5 Å². The van der Waals surface area contributed by atoms with Crippen molar-refractivity contribution in [3.63, 3.8) is 0 Å². The van der Waals surface area contributed by atoms with Gasteiger partial charge in [-0.1, -0.05) is 41.6 Å². The minimum absolute atomic E-state index is 0.273. The monoisotopic (exact) mass is 196 g/mol. The van der Waals surface area contributed by atoms with Crippen molar-refractivity contribution in [1.29, 1.82) is 0 Å². The van der Waals surface area contributed by atoms with Gasteiger partial charge in [0.25, 0.3) is 0 Å². The van der Waals surface area contributed by atoms with Crippen LogP contribution in [0, 0.1) is 6.92 Å². The van der Waals surface area contributed by atoms with Crippen LogP contribution in [0.4, 0.5) is 0 Å². The van der Waals surface area contributed by atoms with Gasteiger partial charge < -0.3 is 0 Å². The van der Waals surface area contributed by atoms with Crippen LogP contribution in [0.25, 0.3) is 0 Å². The first-order chi connectivity index (χ1) is 5.33. The molecule has 3 heteroatoms. The van der Waals surface area contributed by atoms with Gasteiger partial charge in [-0.3, -0.25) is 0 Å². The van der Waals surface area contributed by atoms with Gasteiger partial charge in [0.1, 0.15) is 0 Å². The van der Waals surface area contributed by atoms with E-state index >= 15 is 0 Å². The molecule has 0 spiro atoms. The Morgan fingerprint density at radius 3 is 2.27 bits per heavy atom. The molecule has 0 aromatic heterocycles. The minimum Gasteiger partial charge on any atom is -0.0773 e. The van der Waals surface area contributed by atoms with Gasteiger partial charge in [0, 0.05) is 26.6 Å². The predicted octanol–water partition coefficient (Wildman–Crippen LogP) is -0.995. The molecule has 11 heavy (non-hydrogen) atoms. The number of rotatable bonds is 3. The summed E-state index contributed by atoms with van der Waals surface area (Å²) in [5.74, 6) is 0. The van der Waals surface area contributed by atoms with Crippen LogP contribution in [0.15, 0.2) is 24.3 Å². The van der Waals surface area contributed by atoms with E-state index in [-0.39, 0.29) is 9.04 Å². The summed E-state index contributed by atoms with van der Waals surface area (Å²) < 4.78 is 0. The second-order valence-electron chi connectivity index (χ2n) is 3.09. The molecule has 0 aliphatic carbocycles. The zero-order chi connectivity index (χ0) is 8.10. The van der Waals surface area contributed by atoms with E-state index in [0.29, 0.717) is 17.6 Å². The summed E-state index contributed by atoms with van der Waals surface area (Å²) in [5.41, 5.74) is 1.40. The first-order valence-corrected chi connectivity index (χ1v) is 14.5. The molecule has 60 valence electrons. The maximum absolute atomic E-state index is 2.47. The van der Waals surface area contributed by atoms with Gasteiger partial charge in [0.2, 0.25) is 0 Å². The molecule has 0 radical (unpaired) electrons. The Morgan fingerprint density at radius 1 is 1.09 bits per heavy atom. The summed E-state index contributed by atoms with van der Waals surface area (Å²) in [5, 5.41) is 1.71. The summed E-state index contributed by atoms with van der Waals surface area (Å²) in [6.45, 7) is 4.63. The molecule has 0 bridgehead atoms. The standard InChI is InChI=1S/C8H16Si3/c1-7-3-5-8(6-4-7)10-11-9-2/h3-6H,9-11H2,1-2H3. The molecule has 0 amide bonds. The van der Waals surface area contributed by atoms with Crippen LogP contribution in [0.2, 0.25) is 6.55 Å². The summed E-state index contributed by atoms with van der Waals surface area (Å²) in [6, 6.07) is 9.21. The molecular formula is C8H16Si3. The highest BCUT2D eigenvalue weighted by molar-refractivity contribution is 7.32. The van der Waals surface area contributed by atoms with Gasteiger partial charge >= 0.3 is 0 Å². The Bertz CT molecular complexity index is 205. The Hall–Kier alpha value is -0.129. The van der Waals surface area contributed by atoms with Gasteiger partial charge in [-0.15, -0.1) is 0 Å². The second-order valence-corrected chi connectivity index (χ2v) is 19.1. The fourth-order valence-corrected chi connectivity index (χ4v) is 12.6. The average molecular weight is 196 g/mol. The maximum atomic E-state index is 2.47. The van der Waals surface area contributed by atoms with Crippen LogP contribution in [-0.2, 0) is 0 Å². The van der Waals surface area contributed by atoms with Crippen LogP contribution < -0.4 is 5.19 Å². The Balaban J connectivity index is 2.52. The third kappa shape index (κ3) is 3.18. The predicted molar refractivity (Wildman–Crippen MR) is 62.3 cm³/mol. The lowest BCUT2D eigenvalue weighted by atomic mass is 10.2. The number of hydrogen-bond acceptors (Lipinski definition) is 0. The van der Waals surface area contributed by atoms with E-state index in [1.807, 2.05) is 0 Å². The van der Waals surface area contributed by atoms with E-state index in [1.165, 1.54) is 5.56 Å². The lowest BCUT2D eigenvalue weighted by molar-refractivity contribution is 1.49. The van der Waals surface area contributed by atoms with Crippen molar-refractivity contribution in [2.45, 2.75) is 13.5 Å². The molecule has 1 aromatic rings. The SMILES string of the molecule is C[SiH2][SiH2][SiH2]c1ccc(C)cc1. The van der Waals surface area contributed by atoms with Crippen molar-refractivity contribution in [3.8, 4) is 0 Å². The van der Waals surface area contributed by atoms with Crippen LogP contribution >= 0.6 is 0 Å². The molecule has 0 saturated carbocycles. The fraction of sp³-hybridized carbons (Fsp3) is 0.250. The largest absolute Gasteiger partial charge is 0.0773 e. The molecule has 0 aliphatic heterocycles. The van der Waals surface area contributed by atoms with Crippen molar-refractivity contribution >= 4 is 31.8 Å². The third-order valence-corrected chi connectivity index (χ3v) is 18.5. The zero-order valence-electron chi connectivity index (χ0n) is 7.43. The topological polar surface area (TPSA) is 0 Å². The molecular weight excluding hydrogens is 180 g/mol. The van der Waals surface area contributed by atoms with Crippen molar-refractivity contribution in [3.05, 3.63) is 29.8 Å². The van der Waals surface area contributed by atoms with Gasteiger partial charge in [-0.2, -0.15) is 0 Å². The molecule has 0 heterocycles. The normalized spacial score (nSPS) is 13.3. The van der Waals surface area contributed by atoms with Gasteiger partial charge in [-0.05, 0) is 6.92 Å². The van der Waals surface area contributed by atoms with Crippen molar-refractivity contribution in [1.82, 2.24) is 0 Å². The number of benzene rings is 1. The summed E-state index contributed by atoms with van der Waals surface area (Å²) in [7, 11) is 1.22. The highest BCUT2D eigenvalue weighted by atomic mass is 29.5. The van der Waals surface area contributed by atoms with Crippen molar-refractivity contribution < 1.29 is 0 Å². The summed E-state index contributed by atoms with van der Waals surface area (Å²) in [6.07, 6.45) is 0. The van der Waals surface area contributed by atoms with Crippen molar-refractivity contribution in [2.24, 2.45) is 0 Å². The molecule has 1 aromatic carbocycles. The average Bonchev–Trinajstić information content (AvgIpc) is 2.04. The van der Waals surface area contributed by atoms with E-state index in [9.17, 15) is 0 Å². The first-order valence-electron chi connectivity index (χ1n) is 4.38. The number of hydrogen-bond donors (Lipinski definition) is 0. The highest BCUT2D eigenvalue weighted by Crippen LogP contribution is 1.91. The zero-order valence-corrected chi connectivity index (χ0v) is 11.7. The Morgan fingerprint density at radius 2 is 1.73 bits per heavy atom. The van der Waals surface area contributed by atoms with Crippen molar-refractivity contribution in [2.75, 3.05) is 0 Å². The van der Waals surface area contributed by atoms with E-state index in [2.05, 4.69) is 37.7 Å². The summed E-state index contributed by atoms with van der Waals surface area (Å²) >= 11 is 0. The quantitative estimate of drug-likeness (QED) is 0.545. The lowest BCUT2D eigenvalue weighted by Crippen LogP contribution is -2.23. The minimum atomic E-state index is 0.273. The highest BCUT2D eigenvalue weighted by Gasteiger charge is 1.91. The molecule has 0 nitrogen and oxygen atoms in total. The van der Waals surface area contributed by atoms with Crippen LogP contribution in [0.1, 0.15) is 5.56 Å². The molecule has 1 rings (SSSR count). The Kier molecular flexibility index (Phi) is 3.82. The maximum Gasteiger partial charge on any atom is 0.0392 e. The number of aryl methyl sites for hydroxylation is 1. The van der Waals surface area contributed by atoms with Crippen LogP contribution in [-0.4, -0.2) is 26.6 Å². The second kappa shape index (κ2) is 4.69. The van der Waals surface area contributed by atoms with Crippen LogP contribution in [0.3, 0.4) is 0 Å². The fourth-order valence-electron chi connectivity index (χ4n) is 1.14. The molecule has 0 N–H and O–H groups in total. The van der Waals surface area contributed by atoms with E-state index in [4.69, 9.17) is 0 Å². The lowest BCUT2D eigenvalue weighted by Gasteiger charge is -1.97. The summed E-state index contributed by atoms with van der Waals surface area (Å²) in [4.78, 5) is 0. The van der Waals surface area contributed by atoms with Gasteiger partial charge in [0.05, 0.1) is 0 Å². The molecule has 0 fully saturated rings. The van der Waals surface area contributed by atoms with E-state index in [0.717, 1.165) is 0 Å². The smallest absolute Gasteiger partial charge is 0.0392 e. The molecule has 0 unspecified atom stereocenters. The van der Waals surface area contributed by atoms with Crippen LogP contribution in [0.5, 0.6) is 0 Å². The van der Waals surface area contributed by atoms with E-state index < -0.39 is 0 Å². The van der Waals surface area contributed by atoms with Gasteiger partial charge in [0.15, 0.2) is 0 Å². The molecule has 0 saturated heterocycles. The molecule has 0 aliphatic rings. The molecule has 0 atom stereocenters. The van der Waals surface area contributed by atoms with Gasteiger partial charge in [-0.25, -0.2) is 0 Å².